The van der Waals surface area contributed by atoms with Gasteiger partial charge in [0, 0.05) is 23.4 Å². The first-order chi connectivity index (χ1) is 12.1. The number of nitrogens with one attached hydrogen (secondary N) is 1. The van der Waals surface area contributed by atoms with Crippen LogP contribution in [0, 0.1) is 24.7 Å². The molecule has 1 N–H and O–H groups in total. The van der Waals surface area contributed by atoms with Gasteiger partial charge in [-0.05, 0) is 37.8 Å². The first-order valence-corrected chi connectivity index (χ1v) is 9.49. The van der Waals surface area contributed by atoms with Crippen molar-refractivity contribution in [3.05, 3.63) is 40.9 Å². The second-order valence-electron chi connectivity index (χ2n) is 7.35. The van der Waals surface area contributed by atoms with Crippen LogP contribution in [0.15, 0.2) is 29.8 Å². The molecule has 6 heteroatoms. The number of anilines is 1. The van der Waals surface area contributed by atoms with Crippen molar-refractivity contribution in [1.29, 1.82) is 0 Å². The van der Waals surface area contributed by atoms with Crippen molar-refractivity contribution in [3.8, 4) is 5.75 Å². The second kappa shape index (κ2) is 5.14. The highest BCUT2D eigenvalue weighted by molar-refractivity contribution is 7.13. The van der Waals surface area contributed by atoms with Crippen molar-refractivity contribution in [2.45, 2.75) is 31.8 Å². The standard InChI is InChI=1S/C19H18N2O3S/c1-10-2-3-14-12(8-10)13(22)9-19(24-14)5-4-11-15(16(11)19)17(23)21-18-20-6-7-25-18/h2-3,6-8,11,15-16H,4-5,9H2,1H3,(H,20,21,23)/t11-,15-,16-,19-/m1/s1. The number of amides is 1. The van der Waals surface area contributed by atoms with Gasteiger partial charge in [-0.1, -0.05) is 11.6 Å². The fourth-order valence-electron chi connectivity index (χ4n) is 4.76. The number of Topliss-reactive ketones (excluding diaryl/α,β-unsaturated/α-hetero) is 1. The van der Waals surface area contributed by atoms with Crippen LogP contribution >= 0.6 is 11.3 Å². The van der Waals surface area contributed by atoms with E-state index < -0.39 is 5.60 Å². The number of benzene rings is 1. The van der Waals surface area contributed by atoms with Crippen molar-refractivity contribution in [3.63, 3.8) is 0 Å². The maximum atomic E-state index is 12.7. The van der Waals surface area contributed by atoms with E-state index in [0.717, 1.165) is 18.4 Å². The van der Waals surface area contributed by atoms with Crippen LogP contribution in [0.3, 0.4) is 0 Å². The molecule has 2 aliphatic carbocycles. The molecule has 128 valence electrons. The highest BCUT2D eigenvalue weighted by Gasteiger charge is 2.70. The van der Waals surface area contributed by atoms with E-state index in [1.165, 1.54) is 11.3 Å². The number of hydrogen-bond acceptors (Lipinski definition) is 5. The predicted octanol–water partition coefficient (Wildman–Crippen LogP) is 3.45. The Morgan fingerprint density at radius 1 is 1.44 bits per heavy atom. The SMILES string of the molecule is Cc1ccc2c(c1)C(=O)C[C@@]1(CC[C@@H]3[C@@H](C(=O)Nc4nccs4)[C@@H]31)O2. The van der Waals surface area contributed by atoms with Gasteiger partial charge in [-0.3, -0.25) is 9.59 Å². The fraction of sp³-hybridized carbons (Fsp3) is 0.421. The van der Waals surface area contributed by atoms with E-state index >= 15 is 0 Å². The van der Waals surface area contributed by atoms with Gasteiger partial charge in [-0.2, -0.15) is 0 Å². The van der Waals surface area contributed by atoms with Gasteiger partial charge in [0.2, 0.25) is 5.91 Å². The topological polar surface area (TPSA) is 68.3 Å². The van der Waals surface area contributed by atoms with Crippen LogP contribution < -0.4 is 10.1 Å². The van der Waals surface area contributed by atoms with E-state index in [9.17, 15) is 9.59 Å². The lowest BCUT2D eigenvalue weighted by Crippen LogP contribution is -2.44. The zero-order chi connectivity index (χ0) is 17.2. The largest absolute Gasteiger partial charge is 0.486 e. The summed E-state index contributed by atoms with van der Waals surface area (Å²) < 4.78 is 6.36. The molecule has 2 heterocycles. The third kappa shape index (κ3) is 2.24. The monoisotopic (exact) mass is 354 g/mol. The Bertz CT molecular complexity index is 879. The summed E-state index contributed by atoms with van der Waals surface area (Å²) in [6, 6.07) is 5.76. The number of ether oxygens (including phenoxy) is 1. The normalized spacial score (nSPS) is 32.0. The molecule has 0 bridgehead atoms. The molecule has 4 atom stereocenters. The molecule has 3 aliphatic rings. The summed E-state index contributed by atoms with van der Waals surface area (Å²) in [5.74, 6) is 1.20. The highest BCUT2D eigenvalue weighted by Crippen LogP contribution is 2.65. The molecule has 0 radical (unpaired) electrons. The zero-order valence-electron chi connectivity index (χ0n) is 13.8. The van der Waals surface area contributed by atoms with Crippen molar-refractivity contribution < 1.29 is 14.3 Å². The maximum Gasteiger partial charge on any atom is 0.230 e. The number of hydrogen-bond donors (Lipinski definition) is 1. The van der Waals surface area contributed by atoms with E-state index in [-0.39, 0.29) is 23.5 Å². The number of fused-ring (bicyclic) bond motifs is 3. The second-order valence-corrected chi connectivity index (χ2v) is 8.24. The Kier molecular flexibility index (Phi) is 3.10. The molecular weight excluding hydrogens is 336 g/mol. The Morgan fingerprint density at radius 2 is 2.32 bits per heavy atom. The van der Waals surface area contributed by atoms with Crippen molar-refractivity contribution in [2.24, 2.45) is 17.8 Å². The number of aryl methyl sites for hydroxylation is 1. The van der Waals surface area contributed by atoms with Gasteiger partial charge in [0.15, 0.2) is 10.9 Å². The highest BCUT2D eigenvalue weighted by atomic mass is 32.1. The molecule has 2 saturated carbocycles. The fourth-order valence-corrected chi connectivity index (χ4v) is 5.29. The summed E-state index contributed by atoms with van der Waals surface area (Å²) in [4.78, 5) is 29.4. The molecule has 1 spiro atoms. The quantitative estimate of drug-likeness (QED) is 0.897. The van der Waals surface area contributed by atoms with Gasteiger partial charge in [0.25, 0.3) is 0 Å². The van der Waals surface area contributed by atoms with Crippen LogP contribution in [0.1, 0.15) is 35.2 Å². The zero-order valence-corrected chi connectivity index (χ0v) is 14.6. The molecule has 1 aromatic carbocycles. The number of nitrogens with zero attached hydrogens (tertiary/aromatic N) is 1. The van der Waals surface area contributed by atoms with Gasteiger partial charge in [0.1, 0.15) is 11.4 Å². The van der Waals surface area contributed by atoms with Gasteiger partial charge < -0.3 is 10.1 Å². The van der Waals surface area contributed by atoms with Crippen molar-refractivity contribution in [1.82, 2.24) is 4.98 Å². The molecule has 2 aromatic rings. The number of carbonyl (C=O) groups is 2. The molecule has 1 aromatic heterocycles. The maximum absolute atomic E-state index is 12.7. The average molecular weight is 354 g/mol. The van der Waals surface area contributed by atoms with E-state index in [0.29, 0.717) is 28.8 Å². The van der Waals surface area contributed by atoms with E-state index in [4.69, 9.17) is 4.74 Å². The van der Waals surface area contributed by atoms with Crippen molar-refractivity contribution in [2.75, 3.05) is 5.32 Å². The lowest BCUT2D eigenvalue weighted by Gasteiger charge is -2.37. The third-order valence-electron chi connectivity index (χ3n) is 5.85. The number of thiazole rings is 1. The van der Waals surface area contributed by atoms with Crippen LogP contribution in [0.25, 0.3) is 0 Å². The smallest absolute Gasteiger partial charge is 0.230 e. The summed E-state index contributed by atoms with van der Waals surface area (Å²) in [7, 11) is 0. The molecule has 1 aliphatic heterocycles. The Hall–Kier alpha value is -2.21. The molecule has 1 amide bonds. The molecule has 2 fully saturated rings. The summed E-state index contributed by atoms with van der Waals surface area (Å²) >= 11 is 1.42. The van der Waals surface area contributed by atoms with Gasteiger partial charge in [-0.25, -0.2) is 4.98 Å². The molecule has 0 saturated heterocycles. The van der Waals surface area contributed by atoms with Gasteiger partial charge in [-0.15, -0.1) is 11.3 Å². The number of aromatic nitrogens is 1. The lowest BCUT2D eigenvalue weighted by molar-refractivity contribution is -0.119. The van der Waals surface area contributed by atoms with Crippen LogP contribution in [0.5, 0.6) is 5.75 Å². The van der Waals surface area contributed by atoms with Crippen molar-refractivity contribution >= 4 is 28.2 Å². The molecule has 0 unspecified atom stereocenters. The minimum Gasteiger partial charge on any atom is -0.486 e. The number of rotatable bonds is 2. The average Bonchev–Trinajstić information content (AvgIpc) is 2.91. The van der Waals surface area contributed by atoms with Crippen LogP contribution in [-0.4, -0.2) is 22.3 Å². The summed E-state index contributed by atoms with van der Waals surface area (Å²) in [5.41, 5.74) is 1.23. The third-order valence-corrected chi connectivity index (χ3v) is 6.54. The van der Waals surface area contributed by atoms with Crippen LogP contribution in [0.2, 0.25) is 0 Å². The molecule has 25 heavy (non-hydrogen) atoms. The first kappa shape index (κ1) is 15.1. The summed E-state index contributed by atoms with van der Waals surface area (Å²) in [6.07, 6.45) is 3.85. The number of ketones is 1. The van der Waals surface area contributed by atoms with E-state index in [1.807, 2.05) is 30.5 Å². The van der Waals surface area contributed by atoms with E-state index in [2.05, 4.69) is 10.3 Å². The Morgan fingerprint density at radius 3 is 3.12 bits per heavy atom. The first-order valence-electron chi connectivity index (χ1n) is 8.61. The van der Waals surface area contributed by atoms with Gasteiger partial charge >= 0.3 is 0 Å². The summed E-state index contributed by atoms with van der Waals surface area (Å²) in [6.45, 7) is 1.98. The minimum absolute atomic E-state index is 0.00905. The van der Waals surface area contributed by atoms with Crippen LogP contribution in [0.4, 0.5) is 5.13 Å². The molecular formula is C19H18N2O3S. The Balaban J connectivity index is 1.40. The molecule has 5 nitrogen and oxygen atoms in total. The van der Waals surface area contributed by atoms with E-state index in [1.54, 1.807) is 6.20 Å². The Labute approximate surface area is 149 Å². The van der Waals surface area contributed by atoms with Crippen LogP contribution in [-0.2, 0) is 4.79 Å². The molecule has 5 rings (SSSR count). The minimum atomic E-state index is -0.505. The lowest BCUT2D eigenvalue weighted by atomic mass is 9.84. The predicted molar refractivity (Wildman–Crippen MR) is 93.9 cm³/mol. The summed E-state index contributed by atoms with van der Waals surface area (Å²) in [5, 5.41) is 5.37. The number of carbonyl (C=O) groups excluding carboxylic acids is 2. The van der Waals surface area contributed by atoms with Gasteiger partial charge in [0.05, 0.1) is 12.0 Å².